The number of hydrogen-bond acceptors (Lipinski definition) is 5. The molecule has 7 heteroatoms. The van der Waals surface area contributed by atoms with Gasteiger partial charge >= 0.3 is 0 Å². The van der Waals surface area contributed by atoms with Gasteiger partial charge in [0.2, 0.25) is 5.91 Å². The summed E-state index contributed by atoms with van der Waals surface area (Å²) in [6.45, 7) is 1.80. The number of carbonyl (C=O) groups excluding carboxylic acids is 1. The van der Waals surface area contributed by atoms with Crippen LogP contribution < -0.4 is 10.2 Å². The van der Waals surface area contributed by atoms with E-state index in [9.17, 15) is 4.79 Å². The first-order valence-corrected chi connectivity index (χ1v) is 10.4. The summed E-state index contributed by atoms with van der Waals surface area (Å²) in [6, 6.07) is 12.2. The fourth-order valence-corrected chi connectivity index (χ4v) is 4.80. The molecule has 1 amide bonds. The van der Waals surface area contributed by atoms with E-state index in [0.29, 0.717) is 6.42 Å². The highest BCUT2D eigenvalue weighted by Gasteiger charge is 2.23. The normalized spacial score (nSPS) is 15.4. The van der Waals surface area contributed by atoms with E-state index in [4.69, 9.17) is 4.98 Å². The zero-order valence-corrected chi connectivity index (χ0v) is 16.2. The van der Waals surface area contributed by atoms with Crippen molar-refractivity contribution in [3.63, 3.8) is 0 Å². The van der Waals surface area contributed by atoms with E-state index in [1.807, 2.05) is 36.5 Å². The smallest absolute Gasteiger partial charge is 0.224 e. The number of fused-ring (bicyclic) bond motifs is 2. The molecule has 0 bridgehead atoms. The number of aromatic amines is 1. The molecule has 1 aliphatic rings. The molecule has 2 N–H and O–H groups in total. The molecule has 1 fully saturated rings. The highest BCUT2D eigenvalue weighted by molar-refractivity contribution is 7.21. The first kappa shape index (κ1) is 17.2. The Kier molecular flexibility index (Phi) is 4.44. The number of anilines is 1. The predicted molar refractivity (Wildman–Crippen MR) is 113 cm³/mol. The van der Waals surface area contributed by atoms with E-state index in [1.165, 1.54) is 0 Å². The van der Waals surface area contributed by atoms with E-state index in [-0.39, 0.29) is 11.9 Å². The zero-order valence-electron chi connectivity index (χ0n) is 15.4. The van der Waals surface area contributed by atoms with Gasteiger partial charge in [-0.15, -0.1) is 0 Å². The SMILES string of the molecule is O=C(Cc1c[nH]c2ccccc12)NC1CCN(c2nc3cccnc3s2)CC1. The fraction of sp³-hybridized carbons (Fsp3) is 0.286. The average molecular weight is 392 g/mol. The molecule has 1 saturated heterocycles. The number of aromatic nitrogens is 3. The molecule has 3 aromatic heterocycles. The molecule has 4 aromatic rings. The van der Waals surface area contributed by atoms with Gasteiger partial charge in [-0.2, -0.15) is 0 Å². The van der Waals surface area contributed by atoms with Crippen molar-refractivity contribution in [1.82, 2.24) is 20.3 Å². The Morgan fingerprint density at radius 2 is 2.07 bits per heavy atom. The molecule has 142 valence electrons. The molecule has 1 aromatic carbocycles. The first-order chi connectivity index (χ1) is 13.8. The van der Waals surface area contributed by atoms with Gasteiger partial charge in [0.1, 0.15) is 10.3 Å². The predicted octanol–water partition coefficient (Wildman–Crippen LogP) is 3.50. The van der Waals surface area contributed by atoms with E-state index in [2.05, 4.69) is 26.3 Å². The second kappa shape index (κ2) is 7.24. The highest BCUT2D eigenvalue weighted by atomic mass is 32.1. The summed E-state index contributed by atoms with van der Waals surface area (Å²) in [7, 11) is 0. The molecule has 0 spiro atoms. The number of benzene rings is 1. The van der Waals surface area contributed by atoms with Gasteiger partial charge in [0.15, 0.2) is 5.13 Å². The molecule has 0 unspecified atom stereocenters. The van der Waals surface area contributed by atoms with Crippen LogP contribution in [0.4, 0.5) is 5.13 Å². The molecule has 1 aliphatic heterocycles. The molecule has 5 rings (SSSR count). The maximum absolute atomic E-state index is 12.5. The van der Waals surface area contributed by atoms with E-state index >= 15 is 0 Å². The second-order valence-corrected chi connectivity index (χ2v) is 8.15. The molecule has 0 saturated carbocycles. The number of nitrogens with one attached hydrogen (secondary N) is 2. The third-order valence-corrected chi connectivity index (χ3v) is 6.35. The summed E-state index contributed by atoms with van der Waals surface area (Å²) >= 11 is 1.64. The number of carbonyl (C=O) groups is 1. The van der Waals surface area contributed by atoms with Gasteiger partial charge < -0.3 is 15.2 Å². The largest absolute Gasteiger partial charge is 0.361 e. The topological polar surface area (TPSA) is 73.9 Å². The van der Waals surface area contributed by atoms with Crippen molar-refractivity contribution in [1.29, 1.82) is 0 Å². The summed E-state index contributed by atoms with van der Waals surface area (Å²) in [5.41, 5.74) is 3.08. The number of rotatable bonds is 4. The Labute approximate surface area is 166 Å². The van der Waals surface area contributed by atoms with Gasteiger partial charge in [0, 0.05) is 42.4 Å². The van der Waals surface area contributed by atoms with Crippen LogP contribution in [0.1, 0.15) is 18.4 Å². The third kappa shape index (κ3) is 3.33. The summed E-state index contributed by atoms with van der Waals surface area (Å²) in [4.78, 5) is 28.1. The van der Waals surface area contributed by atoms with Crippen molar-refractivity contribution in [3.8, 4) is 0 Å². The third-order valence-electron chi connectivity index (χ3n) is 5.31. The van der Waals surface area contributed by atoms with Gasteiger partial charge in [-0.25, -0.2) is 9.97 Å². The Morgan fingerprint density at radius 1 is 1.21 bits per heavy atom. The zero-order chi connectivity index (χ0) is 18.9. The van der Waals surface area contributed by atoms with Crippen molar-refractivity contribution in [2.75, 3.05) is 18.0 Å². The molecule has 0 radical (unpaired) electrons. The maximum atomic E-state index is 12.5. The number of thiazole rings is 1. The Morgan fingerprint density at radius 3 is 2.93 bits per heavy atom. The Hall–Kier alpha value is -2.93. The lowest BCUT2D eigenvalue weighted by Gasteiger charge is -2.32. The van der Waals surface area contributed by atoms with Crippen LogP contribution in [0.5, 0.6) is 0 Å². The monoisotopic (exact) mass is 391 g/mol. The molecule has 6 nitrogen and oxygen atoms in total. The fourth-order valence-electron chi connectivity index (χ4n) is 3.84. The molecule has 28 heavy (non-hydrogen) atoms. The first-order valence-electron chi connectivity index (χ1n) is 9.57. The lowest BCUT2D eigenvalue weighted by Crippen LogP contribution is -2.45. The van der Waals surface area contributed by atoms with E-state index in [0.717, 1.165) is 57.9 Å². The van der Waals surface area contributed by atoms with Crippen molar-refractivity contribution >= 4 is 43.6 Å². The van der Waals surface area contributed by atoms with Gasteiger partial charge in [0.05, 0.1) is 6.42 Å². The number of amides is 1. The van der Waals surface area contributed by atoms with Crippen LogP contribution in [-0.2, 0) is 11.2 Å². The Bertz CT molecular complexity index is 1090. The van der Waals surface area contributed by atoms with Crippen molar-refractivity contribution in [2.24, 2.45) is 0 Å². The summed E-state index contributed by atoms with van der Waals surface area (Å²) in [6.07, 6.45) is 6.02. The number of para-hydroxylation sites is 1. The van der Waals surface area contributed by atoms with Gasteiger partial charge in [-0.3, -0.25) is 4.79 Å². The minimum Gasteiger partial charge on any atom is -0.361 e. The lowest BCUT2D eigenvalue weighted by atomic mass is 10.0. The number of nitrogens with zero attached hydrogens (tertiary/aromatic N) is 3. The standard InChI is InChI=1S/C21H21N5OS/c27-19(12-14-13-23-17-5-2-1-4-16(14)17)24-15-7-10-26(11-8-15)21-25-18-6-3-9-22-20(18)28-21/h1-6,9,13,15,23H,7-8,10-12H2,(H,24,27). The summed E-state index contributed by atoms with van der Waals surface area (Å²) in [5, 5.41) is 5.36. The van der Waals surface area contributed by atoms with Gasteiger partial charge in [-0.05, 0) is 36.6 Å². The van der Waals surface area contributed by atoms with E-state index in [1.54, 1.807) is 17.5 Å². The van der Waals surface area contributed by atoms with Crippen LogP contribution in [0, 0.1) is 0 Å². The molecule has 0 aliphatic carbocycles. The van der Waals surface area contributed by atoms with E-state index < -0.39 is 0 Å². The Balaban J connectivity index is 1.18. The van der Waals surface area contributed by atoms with Crippen molar-refractivity contribution in [3.05, 3.63) is 54.4 Å². The van der Waals surface area contributed by atoms with Crippen molar-refractivity contribution < 1.29 is 4.79 Å². The molecular weight excluding hydrogens is 370 g/mol. The summed E-state index contributed by atoms with van der Waals surface area (Å²) < 4.78 is 0. The van der Waals surface area contributed by atoms with Crippen LogP contribution in [-0.4, -0.2) is 40.0 Å². The lowest BCUT2D eigenvalue weighted by molar-refractivity contribution is -0.121. The number of hydrogen-bond donors (Lipinski definition) is 2. The summed E-state index contributed by atoms with van der Waals surface area (Å²) in [5.74, 6) is 0.0902. The molecule has 0 atom stereocenters. The minimum absolute atomic E-state index is 0.0902. The molecular formula is C21H21N5OS. The second-order valence-electron chi connectivity index (χ2n) is 7.19. The van der Waals surface area contributed by atoms with Crippen LogP contribution in [0.2, 0.25) is 0 Å². The quantitative estimate of drug-likeness (QED) is 0.558. The average Bonchev–Trinajstić information content (AvgIpc) is 3.33. The van der Waals surface area contributed by atoms with Crippen LogP contribution >= 0.6 is 11.3 Å². The van der Waals surface area contributed by atoms with Gasteiger partial charge in [0.25, 0.3) is 0 Å². The van der Waals surface area contributed by atoms with Crippen LogP contribution in [0.3, 0.4) is 0 Å². The number of pyridine rings is 1. The molecule has 4 heterocycles. The number of H-pyrrole nitrogens is 1. The van der Waals surface area contributed by atoms with Gasteiger partial charge in [-0.1, -0.05) is 29.5 Å². The highest BCUT2D eigenvalue weighted by Crippen LogP contribution is 2.29. The van der Waals surface area contributed by atoms with Crippen molar-refractivity contribution in [2.45, 2.75) is 25.3 Å². The maximum Gasteiger partial charge on any atom is 0.224 e. The van der Waals surface area contributed by atoms with Crippen LogP contribution in [0.25, 0.3) is 21.3 Å². The minimum atomic E-state index is 0.0902. The van der Waals surface area contributed by atoms with Crippen LogP contribution in [0.15, 0.2) is 48.8 Å². The number of piperidine rings is 1.